The molecule has 5 nitrogen and oxygen atoms in total. The zero-order valence-electron chi connectivity index (χ0n) is 15.5. The second-order valence-electron chi connectivity index (χ2n) is 7.02. The van der Waals surface area contributed by atoms with Gasteiger partial charge in [-0.1, -0.05) is 30.0 Å². The number of nitrogens with one attached hydrogen (secondary N) is 1. The molecule has 7 heteroatoms. The van der Waals surface area contributed by atoms with Crippen LogP contribution in [0.25, 0.3) is 21.3 Å². The van der Waals surface area contributed by atoms with Gasteiger partial charge in [-0.2, -0.15) is 0 Å². The van der Waals surface area contributed by atoms with Gasteiger partial charge in [0.1, 0.15) is 4.83 Å². The lowest BCUT2D eigenvalue weighted by Crippen LogP contribution is -2.27. The number of carbonyl (C=O) groups excluding carboxylic acids is 1. The van der Waals surface area contributed by atoms with Crippen molar-refractivity contribution in [1.29, 1.82) is 0 Å². The molecule has 2 heterocycles. The number of fused-ring (bicyclic) bond motifs is 1. The molecule has 4 rings (SSSR count). The minimum absolute atomic E-state index is 0.00107. The molecule has 0 atom stereocenters. The van der Waals surface area contributed by atoms with Crippen molar-refractivity contribution < 1.29 is 4.79 Å². The molecule has 27 heavy (non-hydrogen) atoms. The number of carbonyl (C=O) groups is 1. The molecule has 3 aromatic rings. The second-order valence-corrected chi connectivity index (χ2v) is 8.82. The summed E-state index contributed by atoms with van der Waals surface area (Å²) in [6.07, 6.45) is 2.13. The Hall–Kier alpha value is -2.12. The highest BCUT2D eigenvalue weighted by Gasteiger charge is 2.23. The van der Waals surface area contributed by atoms with E-state index in [4.69, 9.17) is 0 Å². The maximum absolute atomic E-state index is 13.0. The zero-order chi connectivity index (χ0) is 19.1. The Morgan fingerprint density at radius 1 is 1.33 bits per heavy atom. The van der Waals surface area contributed by atoms with Gasteiger partial charge in [0.05, 0.1) is 11.1 Å². The van der Waals surface area contributed by atoms with Crippen molar-refractivity contribution in [1.82, 2.24) is 14.9 Å². The van der Waals surface area contributed by atoms with Crippen LogP contribution in [0, 0.1) is 13.8 Å². The molecule has 140 valence electrons. The third-order valence-electron chi connectivity index (χ3n) is 4.87. The van der Waals surface area contributed by atoms with Crippen molar-refractivity contribution in [2.45, 2.75) is 37.9 Å². The average molecular weight is 400 g/mol. The van der Waals surface area contributed by atoms with Crippen LogP contribution in [0.5, 0.6) is 0 Å². The van der Waals surface area contributed by atoms with Crippen molar-refractivity contribution in [3.63, 3.8) is 0 Å². The minimum Gasteiger partial charge on any atom is -0.353 e. The van der Waals surface area contributed by atoms with Gasteiger partial charge in [-0.3, -0.25) is 14.2 Å². The summed E-state index contributed by atoms with van der Waals surface area (Å²) in [5.74, 6) is 0.274. The highest BCUT2D eigenvalue weighted by Crippen LogP contribution is 2.33. The quantitative estimate of drug-likeness (QED) is 0.525. The van der Waals surface area contributed by atoms with Crippen LogP contribution in [-0.4, -0.2) is 27.3 Å². The summed E-state index contributed by atoms with van der Waals surface area (Å²) in [5.41, 5.74) is 4.32. The zero-order valence-corrected chi connectivity index (χ0v) is 17.2. The van der Waals surface area contributed by atoms with Crippen LogP contribution in [0.1, 0.15) is 24.0 Å². The summed E-state index contributed by atoms with van der Waals surface area (Å²) in [4.78, 5) is 30.3. The van der Waals surface area contributed by atoms with Crippen molar-refractivity contribution in [2.24, 2.45) is 7.05 Å². The number of aryl methyl sites for hydroxylation is 2. The number of aromatic nitrogens is 2. The third-order valence-corrected chi connectivity index (χ3v) is 6.77. The lowest BCUT2D eigenvalue weighted by molar-refractivity contribution is -0.118. The average Bonchev–Trinajstić information content (AvgIpc) is 3.35. The molecule has 0 spiro atoms. The monoisotopic (exact) mass is 399 g/mol. The SMILES string of the molecule is Cc1ccc(-c2csc3nc(SCC(=O)NC4CC4)n(C)c(=O)c23)cc1C. The van der Waals surface area contributed by atoms with E-state index in [0.29, 0.717) is 16.6 Å². The molecule has 1 aliphatic carbocycles. The Morgan fingerprint density at radius 2 is 2.11 bits per heavy atom. The van der Waals surface area contributed by atoms with Gasteiger partial charge in [0.15, 0.2) is 5.16 Å². The number of rotatable bonds is 5. The Bertz CT molecular complexity index is 1100. The fourth-order valence-corrected chi connectivity index (χ4v) is 4.70. The number of amides is 1. The normalized spacial score (nSPS) is 13.9. The van der Waals surface area contributed by atoms with E-state index in [-0.39, 0.29) is 17.2 Å². The van der Waals surface area contributed by atoms with E-state index >= 15 is 0 Å². The molecule has 2 aromatic heterocycles. The fraction of sp³-hybridized carbons (Fsp3) is 0.350. The van der Waals surface area contributed by atoms with Crippen LogP contribution in [0.4, 0.5) is 0 Å². The largest absolute Gasteiger partial charge is 0.353 e. The van der Waals surface area contributed by atoms with Gasteiger partial charge in [-0.15, -0.1) is 11.3 Å². The smallest absolute Gasteiger partial charge is 0.263 e. The number of nitrogens with zero attached hydrogens (tertiary/aromatic N) is 2. The summed E-state index contributed by atoms with van der Waals surface area (Å²) in [7, 11) is 1.72. The van der Waals surface area contributed by atoms with Gasteiger partial charge in [0.25, 0.3) is 5.56 Å². The molecule has 1 N–H and O–H groups in total. The lowest BCUT2D eigenvalue weighted by atomic mass is 10.0. The summed E-state index contributed by atoms with van der Waals surface area (Å²) >= 11 is 2.78. The first-order chi connectivity index (χ1) is 12.9. The molecule has 1 saturated carbocycles. The van der Waals surface area contributed by atoms with Crippen molar-refractivity contribution in [2.75, 3.05) is 5.75 Å². The molecular formula is C20H21N3O2S2. The first-order valence-electron chi connectivity index (χ1n) is 8.92. The maximum atomic E-state index is 13.0. The Balaban J connectivity index is 1.67. The van der Waals surface area contributed by atoms with E-state index in [9.17, 15) is 9.59 Å². The predicted octanol–water partition coefficient (Wildman–Crippen LogP) is 3.65. The van der Waals surface area contributed by atoms with E-state index in [1.165, 1.54) is 34.2 Å². The van der Waals surface area contributed by atoms with Gasteiger partial charge < -0.3 is 5.32 Å². The lowest BCUT2D eigenvalue weighted by Gasteiger charge is -2.09. The molecule has 0 bridgehead atoms. The van der Waals surface area contributed by atoms with Crippen LogP contribution in [0.2, 0.25) is 0 Å². The number of benzene rings is 1. The topological polar surface area (TPSA) is 64.0 Å². The highest BCUT2D eigenvalue weighted by atomic mass is 32.2. The van der Waals surface area contributed by atoms with E-state index in [0.717, 1.165) is 28.8 Å². The van der Waals surface area contributed by atoms with Crippen molar-refractivity contribution in [3.8, 4) is 11.1 Å². The highest BCUT2D eigenvalue weighted by molar-refractivity contribution is 7.99. The summed E-state index contributed by atoms with van der Waals surface area (Å²) in [5, 5.41) is 6.18. The fourth-order valence-electron chi connectivity index (χ4n) is 2.93. The number of thiophene rings is 1. The van der Waals surface area contributed by atoms with Crippen LogP contribution in [0.3, 0.4) is 0 Å². The van der Waals surface area contributed by atoms with Crippen molar-refractivity contribution in [3.05, 3.63) is 45.1 Å². The van der Waals surface area contributed by atoms with E-state index < -0.39 is 0 Å². The molecular weight excluding hydrogens is 378 g/mol. The maximum Gasteiger partial charge on any atom is 0.263 e. The first-order valence-corrected chi connectivity index (χ1v) is 10.8. The molecule has 0 aliphatic heterocycles. The number of thioether (sulfide) groups is 1. The Kier molecular flexibility index (Phi) is 4.82. The van der Waals surface area contributed by atoms with Crippen LogP contribution < -0.4 is 10.9 Å². The summed E-state index contributed by atoms with van der Waals surface area (Å²) in [6, 6.07) is 6.58. The molecule has 0 saturated heterocycles. The van der Waals surface area contributed by atoms with Crippen LogP contribution >= 0.6 is 23.1 Å². The minimum atomic E-state index is -0.0698. The van der Waals surface area contributed by atoms with Crippen LogP contribution in [0.15, 0.2) is 33.5 Å². The van der Waals surface area contributed by atoms with Gasteiger partial charge in [0.2, 0.25) is 5.91 Å². The van der Waals surface area contributed by atoms with Gasteiger partial charge >= 0.3 is 0 Å². The van der Waals surface area contributed by atoms with Gasteiger partial charge in [-0.25, -0.2) is 4.98 Å². The predicted molar refractivity (Wildman–Crippen MR) is 112 cm³/mol. The van der Waals surface area contributed by atoms with Crippen LogP contribution in [-0.2, 0) is 11.8 Å². The number of hydrogen-bond acceptors (Lipinski definition) is 5. The summed E-state index contributed by atoms with van der Waals surface area (Å²) in [6.45, 7) is 4.15. The van der Waals surface area contributed by atoms with E-state index in [1.807, 2.05) is 11.4 Å². The third kappa shape index (κ3) is 3.66. The second kappa shape index (κ2) is 7.13. The number of hydrogen-bond donors (Lipinski definition) is 1. The molecule has 1 aliphatic rings. The Labute approximate surface area is 165 Å². The van der Waals surface area contributed by atoms with Crippen molar-refractivity contribution >= 4 is 39.2 Å². The standard InChI is InChI=1S/C20H21N3O2S2/c1-11-4-5-13(8-12(11)2)15-9-26-18-17(15)19(25)23(3)20(22-18)27-10-16(24)21-14-6-7-14/h4-5,8-9,14H,6-7,10H2,1-3H3,(H,21,24). The first kappa shape index (κ1) is 18.3. The summed E-state index contributed by atoms with van der Waals surface area (Å²) < 4.78 is 1.55. The molecule has 1 aromatic carbocycles. The molecule has 1 amide bonds. The van der Waals surface area contributed by atoms with Gasteiger partial charge in [-0.05, 0) is 43.4 Å². The molecule has 0 radical (unpaired) electrons. The van der Waals surface area contributed by atoms with E-state index in [2.05, 4.69) is 36.3 Å². The molecule has 0 unspecified atom stereocenters. The Morgan fingerprint density at radius 3 is 2.81 bits per heavy atom. The van der Waals surface area contributed by atoms with Gasteiger partial charge in [0, 0.05) is 24.0 Å². The molecule has 1 fully saturated rings. The van der Waals surface area contributed by atoms with E-state index in [1.54, 1.807) is 11.6 Å².